The smallest absolute Gasteiger partial charge is 0.248 e. The molecule has 4 heteroatoms. The Labute approximate surface area is 205 Å². The van der Waals surface area contributed by atoms with Crippen LogP contribution in [0.5, 0.6) is 0 Å². The van der Waals surface area contributed by atoms with E-state index in [-0.39, 0.29) is 5.41 Å². The van der Waals surface area contributed by atoms with Crippen molar-refractivity contribution in [3.05, 3.63) is 90.5 Å². The Morgan fingerprint density at radius 2 is 1.66 bits per heavy atom. The third-order valence-electron chi connectivity index (χ3n) is 8.30. The van der Waals surface area contributed by atoms with Crippen molar-refractivity contribution in [2.45, 2.75) is 32.2 Å². The standard InChI is InChI=1S/C31H30N4/c1-20-28(12-13-33(20)5)35-29-11-10-21(34-15-14-32(4)19-34)16-24(29)25-17-23-22-8-6-7-9-26(22)31(2,3)27(23)18-30(25)35/h6-20H,1-5H3/q+2. The Bertz CT molecular complexity index is 1760. The van der Waals surface area contributed by atoms with Crippen molar-refractivity contribution in [2.24, 2.45) is 7.05 Å². The predicted octanol–water partition coefficient (Wildman–Crippen LogP) is 5.67. The molecule has 3 aromatic carbocycles. The van der Waals surface area contributed by atoms with Gasteiger partial charge < -0.3 is 4.57 Å². The lowest BCUT2D eigenvalue weighted by molar-refractivity contribution is -0.670. The molecular formula is C31H30N4+2. The fourth-order valence-electron chi connectivity index (χ4n) is 6.18. The Morgan fingerprint density at radius 3 is 2.40 bits per heavy atom. The Hall–Kier alpha value is -3.92. The molecule has 3 heterocycles. The lowest BCUT2D eigenvalue weighted by atomic mass is 9.82. The van der Waals surface area contributed by atoms with Crippen molar-refractivity contribution in [2.75, 3.05) is 7.05 Å². The first kappa shape index (κ1) is 20.5. The second-order valence-corrected chi connectivity index (χ2v) is 10.7. The van der Waals surface area contributed by atoms with Gasteiger partial charge >= 0.3 is 0 Å². The minimum Gasteiger partial charge on any atom is -0.307 e. The minimum atomic E-state index is -0.0228. The first-order chi connectivity index (χ1) is 16.8. The van der Waals surface area contributed by atoms with E-state index in [4.69, 9.17) is 0 Å². The zero-order valence-electron chi connectivity index (χ0n) is 20.9. The molecule has 35 heavy (non-hydrogen) atoms. The van der Waals surface area contributed by atoms with Crippen LogP contribution >= 0.6 is 0 Å². The maximum Gasteiger partial charge on any atom is 0.248 e. The molecule has 1 unspecified atom stereocenters. The number of allylic oxidation sites excluding steroid dienone is 1. The SMILES string of the molecule is CC1C(n2c3ccc(-n4cc[n+](C)c4)cc3c3cc4c(cc32)C(C)(C)c2ccccc2-4)=CC=[N+]1C. The number of imidazole rings is 1. The zero-order chi connectivity index (χ0) is 24.1. The highest BCUT2D eigenvalue weighted by atomic mass is 15.1. The number of benzene rings is 3. The number of fused-ring (bicyclic) bond motifs is 6. The fourth-order valence-corrected chi connectivity index (χ4v) is 6.18. The molecule has 1 atom stereocenters. The number of aromatic nitrogens is 3. The van der Waals surface area contributed by atoms with Gasteiger partial charge in [-0.1, -0.05) is 38.1 Å². The van der Waals surface area contributed by atoms with E-state index in [1.165, 1.54) is 55.4 Å². The van der Waals surface area contributed by atoms with Crippen LogP contribution in [0, 0.1) is 0 Å². The van der Waals surface area contributed by atoms with E-state index < -0.39 is 0 Å². The van der Waals surface area contributed by atoms with E-state index in [2.05, 4.69) is 139 Å². The molecule has 1 aliphatic heterocycles. The van der Waals surface area contributed by atoms with Gasteiger partial charge in [-0.05, 0) is 52.6 Å². The van der Waals surface area contributed by atoms with Crippen LogP contribution in [0.2, 0.25) is 0 Å². The van der Waals surface area contributed by atoms with Gasteiger partial charge in [-0.15, -0.1) is 0 Å². The number of aryl methyl sites for hydroxylation is 1. The molecular weight excluding hydrogens is 428 g/mol. The van der Waals surface area contributed by atoms with Crippen LogP contribution in [0.25, 0.3) is 44.3 Å². The summed E-state index contributed by atoms with van der Waals surface area (Å²) in [7, 11) is 4.22. The van der Waals surface area contributed by atoms with Crippen molar-refractivity contribution in [3.8, 4) is 16.8 Å². The molecule has 5 aromatic rings. The fraction of sp³-hybridized carbons (Fsp3) is 0.226. The summed E-state index contributed by atoms with van der Waals surface area (Å²) in [4.78, 5) is 0. The molecule has 7 rings (SSSR count). The highest BCUT2D eigenvalue weighted by Gasteiger charge is 2.36. The summed E-state index contributed by atoms with van der Waals surface area (Å²) in [5.74, 6) is 0. The van der Waals surface area contributed by atoms with Gasteiger partial charge in [0.2, 0.25) is 6.33 Å². The van der Waals surface area contributed by atoms with E-state index in [0.29, 0.717) is 6.04 Å². The molecule has 0 N–H and O–H groups in total. The van der Waals surface area contributed by atoms with Gasteiger partial charge in [0.1, 0.15) is 25.1 Å². The summed E-state index contributed by atoms with van der Waals surface area (Å²) in [6.45, 7) is 7.01. The van der Waals surface area contributed by atoms with Gasteiger partial charge in [0.15, 0.2) is 12.3 Å². The molecule has 0 bridgehead atoms. The molecule has 0 radical (unpaired) electrons. The third-order valence-corrected chi connectivity index (χ3v) is 8.30. The second kappa shape index (κ2) is 6.82. The highest BCUT2D eigenvalue weighted by Crippen LogP contribution is 2.51. The lowest BCUT2D eigenvalue weighted by Gasteiger charge is -2.22. The van der Waals surface area contributed by atoms with Crippen molar-refractivity contribution in [1.29, 1.82) is 0 Å². The third kappa shape index (κ3) is 2.68. The molecule has 2 aliphatic rings. The van der Waals surface area contributed by atoms with E-state index in [1.54, 1.807) is 0 Å². The van der Waals surface area contributed by atoms with Crippen molar-refractivity contribution in [1.82, 2.24) is 9.13 Å². The molecule has 172 valence electrons. The molecule has 0 spiro atoms. The average molecular weight is 459 g/mol. The quantitative estimate of drug-likeness (QED) is 0.303. The summed E-state index contributed by atoms with van der Waals surface area (Å²) in [5.41, 5.74) is 10.6. The van der Waals surface area contributed by atoms with Gasteiger partial charge in [0.05, 0.1) is 23.8 Å². The number of likely N-dealkylation sites (N-methyl/N-ethyl adjacent to an activating group) is 1. The van der Waals surface area contributed by atoms with Gasteiger partial charge in [-0.25, -0.2) is 13.7 Å². The summed E-state index contributed by atoms with van der Waals surface area (Å²) in [6.07, 6.45) is 10.8. The van der Waals surface area contributed by atoms with Crippen LogP contribution in [0.4, 0.5) is 0 Å². The maximum absolute atomic E-state index is 2.49. The van der Waals surface area contributed by atoms with Crippen molar-refractivity contribution in [3.63, 3.8) is 0 Å². The Balaban J connectivity index is 1.58. The molecule has 1 aliphatic carbocycles. The lowest BCUT2D eigenvalue weighted by Crippen LogP contribution is -2.23. The predicted molar refractivity (Wildman–Crippen MR) is 143 cm³/mol. The first-order valence-corrected chi connectivity index (χ1v) is 12.4. The van der Waals surface area contributed by atoms with Crippen molar-refractivity contribution >= 4 is 33.7 Å². The monoisotopic (exact) mass is 458 g/mol. The highest BCUT2D eigenvalue weighted by molar-refractivity contribution is 6.13. The normalized spacial score (nSPS) is 18.1. The maximum atomic E-state index is 2.49. The van der Waals surface area contributed by atoms with E-state index in [9.17, 15) is 0 Å². The molecule has 4 nitrogen and oxygen atoms in total. The zero-order valence-corrected chi connectivity index (χ0v) is 20.9. The van der Waals surface area contributed by atoms with Gasteiger partial charge in [-0.2, -0.15) is 0 Å². The number of hydrogen-bond acceptors (Lipinski definition) is 0. The van der Waals surface area contributed by atoms with Gasteiger partial charge in [0, 0.05) is 29.2 Å². The summed E-state index contributed by atoms with van der Waals surface area (Å²) in [5, 5.41) is 2.61. The number of hydrogen-bond donors (Lipinski definition) is 0. The second-order valence-electron chi connectivity index (χ2n) is 10.7. The van der Waals surface area contributed by atoms with Crippen LogP contribution < -0.4 is 4.57 Å². The number of rotatable bonds is 2. The van der Waals surface area contributed by atoms with Crippen LogP contribution in [-0.2, 0) is 12.5 Å². The van der Waals surface area contributed by atoms with Gasteiger partial charge in [0.25, 0.3) is 0 Å². The van der Waals surface area contributed by atoms with Crippen LogP contribution in [-0.4, -0.2) is 33.0 Å². The molecule has 0 saturated carbocycles. The average Bonchev–Trinajstić information content (AvgIpc) is 3.57. The topological polar surface area (TPSA) is 16.8 Å². The summed E-state index contributed by atoms with van der Waals surface area (Å²) in [6, 6.07) is 21.0. The van der Waals surface area contributed by atoms with E-state index in [1.807, 2.05) is 0 Å². The molecule has 0 saturated heterocycles. The van der Waals surface area contributed by atoms with Crippen LogP contribution in [0.15, 0.2) is 79.4 Å². The largest absolute Gasteiger partial charge is 0.307 e. The summed E-state index contributed by atoms with van der Waals surface area (Å²) < 4.78 is 9.05. The van der Waals surface area contributed by atoms with Gasteiger partial charge in [-0.3, -0.25) is 0 Å². The molecule has 0 amide bonds. The summed E-state index contributed by atoms with van der Waals surface area (Å²) >= 11 is 0. The van der Waals surface area contributed by atoms with Crippen LogP contribution in [0.1, 0.15) is 31.9 Å². The van der Waals surface area contributed by atoms with Crippen molar-refractivity contribution < 1.29 is 9.14 Å². The minimum absolute atomic E-state index is 0.0228. The van der Waals surface area contributed by atoms with E-state index >= 15 is 0 Å². The first-order valence-electron chi connectivity index (χ1n) is 12.4. The molecule has 0 fully saturated rings. The Morgan fingerprint density at radius 1 is 0.857 bits per heavy atom. The Kier molecular flexibility index (Phi) is 3.98. The van der Waals surface area contributed by atoms with Crippen LogP contribution in [0.3, 0.4) is 0 Å². The van der Waals surface area contributed by atoms with E-state index in [0.717, 1.165) is 0 Å². The molecule has 2 aromatic heterocycles. The number of nitrogens with zero attached hydrogens (tertiary/aromatic N) is 4.